The van der Waals surface area contributed by atoms with Crippen LogP contribution in [0.3, 0.4) is 0 Å². The topological polar surface area (TPSA) is 231 Å². The summed E-state index contributed by atoms with van der Waals surface area (Å²) in [6, 6.07) is -1.19. The molecule has 2 bridgehead atoms. The molecule has 3 aliphatic heterocycles. The monoisotopic (exact) mass is 1060 g/mol. The largest absolute Gasteiger partial charge is 0.460 e. The van der Waals surface area contributed by atoms with E-state index in [4.69, 9.17) is 28.4 Å². The number of Topliss-reactive ketones (excluding diaryl/α,β-unsaturated/α-hetero) is 3. The van der Waals surface area contributed by atoms with E-state index in [1.165, 1.54) is 14.2 Å². The first-order valence-electron chi connectivity index (χ1n) is 25.9. The van der Waals surface area contributed by atoms with Crippen LogP contribution in [0.25, 0.3) is 0 Å². The minimum absolute atomic E-state index is 0.00459. The van der Waals surface area contributed by atoms with Gasteiger partial charge in [-0.25, -0.2) is 4.79 Å². The highest BCUT2D eigenvalue weighted by molar-refractivity contribution is 8.74. The molecule has 1 saturated carbocycles. The number of carbonyl (C=O) groups excluding carboxylic acids is 7. The lowest BCUT2D eigenvalue weighted by Gasteiger charge is -2.42. The van der Waals surface area contributed by atoms with Crippen molar-refractivity contribution < 1.29 is 72.2 Å². The van der Waals surface area contributed by atoms with Crippen LogP contribution in [0.4, 0.5) is 4.79 Å². The van der Waals surface area contributed by atoms with E-state index in [0.29, 0.717) is 80.6 Å². The van der Waals surface area contributed by atoms with Crippen LogP contribution in [0.1, 0.15) is 126 Å². The van der Waals surface area contributed by atoms with E-state index in [2.05, 4.69) is 17.0 Å². The molecule has 17 nitrogen and oxygen atoms in total. The zero-order valence-electron chi connectivity index (χ0n) is 44.5. The summed E-state index contributed by atoms with van der Waals surface area (Å²) < 4.78 is 35.3. The molecule has 0 aromatic rings. The molecule has 0 spiro atoms. The lowest BCUT2D eigenvalue weighted by Crippen LogP contribution is -2.61. The summed E-state index contributed by atoms with van der Waals surface area (Å²) in [7, 11) is 5.09. The van der Waals surface area contributed by atoms with Gasteiger partial charge in [-0.3, -0.25) is 28.8 Å². The Balaban J connectivity index is 1.68. The van der Waals surface area contributed by atoms with Crippen molar-refractivity contribution >= 4 is 62.9 Å². The van der Waals surface area contributed by atoms with Gasteiger partial charge in [0.05, 0.1) is 18.3 Å². The standard InChI is InChI=1S/C54H82N2O15S2/c1-31-16-12-11-13-17-32(2)43(66-8)28-39-21-19-37(7)54(65,71-39)50(61)51(62)56-23-15-14-18-40(56)52(63)70-44(29-41(57)33(3)25-36(6)48(60)49(68-10)47(59)35(5)24-31)34(4)26-38-20-22-42(45(27-38)67-9)69-46(58)30-55-53(64)73-72/h11-13,16-17,25,31,33-35,37-40,42-45,48-49,60,65,72H,14-15,18-24,26-30H2,1-10H3,(H,55,64)/b13-11+,16-12+,32-17+,36-25+/t31-,33-,34-,35-,37-,38+,39+,40+,42-,43+,44+,45-,48-,49+,54-/m1/s1. The second-order valence-corrected chi connectivity index (χ2v) is 21.9. The van der Waals surface area contributed by atoms with Gasteiger partial charge in [-0.15, -0.1) is 11.7 Å². The molecule has 15 atom stereocenters. The molecule has 4 aliphatic rings. The van der Waals surface area contributed by atoms with Gasteiger partial charge in [0.25, 0.3) is 16.9 Å². The van der Waals surface area contributed by atoms with Crippen LogP contribution in [0.2, 0.25) is 0 Å². The van der Waals surface area contributed by atoms with Crippen LogP contribution in [0, 0.1) is 35.5 Å². The zero-order valence-corrected chi connectivity index (χ0v) is 46.2. The van der Waals surface area contributed by atoms with Crippen LogP contribution in [0.5, 0.6) is 0 Å². The number of carbonyl (C=O) groups is 7. The Hall–Kier alpha value is -3.69. The lowest BCUT2D eigenvalue weighted by molar-refractivity contribution is -0.265. The van der Waals surface area contributed by atoms with Gasteiger partial charge in [-0.05, 0) is 107 Å². The third-order valence-corrected chi connectivity index (χ3v) is 16.0. The number of fused-ring (bicyclic) bond motifs is 3. The summed E-state index contributed by atoms with van der Waals surface area (Å²) in [5.41, 5.74) is 1.22. The molecule has 3 N–H and O–H groups in total. The highest BCUT2D eigenvalue weighted by Crippen LogP contribution is 2.38. The van der Waals surface area contributed by atoms with Gasteiger partial charge in [0.15, 0.2) is 5.78 Å². The molecule has 0 radical (unpaired) electrons. The maximum Gasteiger partial charge on any atom is 0.329 e. The van der Waals surface area contributed by atoms with E-state index in [9.17, 15) is 43.8 Å². The Labute approximate surface area is 441 Å². The SMILES string of the molecule is CO[C@H]1C[C@@H]2CC[C@@H](C)[C@@](O)(O2)C(=O)C(=O)N2CCCC[C@H]2C(=O)O[C@H]([C@H](C)C[C@@H]2CC[C@@H](OC(=O)CNC(=O)SS)[C@H](OC)C2)CC(=O)[C@H](C)/C=C(\C)[C@@H](O)[C@@H](OC)C(=O)[C@H](C)C[C@H](C)/C=C/C=C/C=C/1C. The number of amides is 2. The van der Waals surface area contributed by atoms with Crippen molar-refractivity contribution in [1.29, 1.82) is 0 Å². The third kappa shape index (κ3) is 17.4. The Kier molecular flexibility index (Phi) is 25.1. The summed E-state index contributed by atoms with van der Waals surface area (Å²) >= 11 is 3.83. The molecule has 1 aliphatic carbocycles. The van der Waals surface area contributed by atoms with Gasteiger partial charge in [-0.2, -0.15) is 0 Å². The van der Waals surface area contributed by atoms with Crippen molar-refractivity contribution in [3.05, 3.63) is 47.6 Å². The first-order valence-corrected chi connectivity index (χ1v) is 27.7. The number of aliphatic hydroxyl groups is 2. The van der Waals surface area contributed by atoms with Crippen LogP contribution < -0.4 is 5.32 Å². The number of rotatable bonds is 9. The fourth-order valence-corrected chi connectivity index (χ4v) is 11.0. The molecule has 3 heterocycles. The number of ether oxygens (including phenoxy) is 6. The van der Waals surface area contributed by atoms with Gasteiger partial charge in [0.1, 0.15) is 42.8 Å². The van der Waals surface area contributed by atoms with E-state index < -0.39 is 107 Å². The van der Waals surface area contributed by atoms with Gasteiger partial charge in [0.2, 0.25) is 5.79 Å². The average molecular weight is 1060 g/mol. The normalized spacial score (nSPS) is 37.1. The van der Waals surface area contributed by atoms with Crippen LogP contribution in [-0.4, -0.2) is 145 Å². The van der Waals surface area contributed by atoms with Crippen LogP contribution in [-0.2, 0) is 57.2 Å². The maximum atomic E-state index is 14.5. The van der Waals surface area contributed by atoms with Crippen molar-refractivity contribution in [3.8, 4) is 0 Å². The van der Waals surface area contributed by atoms with Gasteiger partial charge >= 0.3 is 11.9 Å². The molecular formula is C54H82N2O15S2. The van der Waals surface area contributed by atoms with Crippen LogP contribution >= 0.6 is 22.5 Å². The summed E-state index contributed by atoms with van der Waals surface area (Å²) in [6.45, 7) is 12.2. The molecule has 0 unspecified atom stereocenters. The van der Waals surface area contributed by atoms with Crippen molar-refractivity contribution in [2.75, 3.05) is 34.4 Å². The minimum Gasteiger partial charge on any atom is -0.460 e. The Bertz CT molecular complexity index is 2040. The van der Waals surface area contributed by atoms with Crippen molar-refractivity contribution in [1.82, 2.24) is 10.2 Å². The van der Waals surface area contributed by atoms with Gasteiger partial charge < -0.3 is 48.9 Å². The number of hydrogen-bond donors (Lipinski definition) is 4. The number of thiol groups is 1. The number of piperidine rings is 1. The maximum absolute atomic E-state index is 14.5. The highest BCUT2D eigenvalue weighted by Gasteiger charge is 2.53. The first-order chi connectivity index (χ1) is 34.6. The molecular weight excluding hydrogens is 981 g/mol. The summed E-state index contributed by atoms with van der Waals surface area (Å²) in [5.74, 6) is -9.15. The summed E-state index contributed by atoms with van der Waals surface area (Å²) in [5, 5.41) is 25.4. The molecule has 3 fully saturated rings. The minimum atomic E-state index is -2.46. The van der Waals surface area contributed by atoms with Crippen molar-refractivity contribution in [2.45, 2.75) is 180 Å². The molecule has 0 aromatic carbocycles. The van der Waals surface area contributed by atoms with E-state index in [1.807, 2.05) is 51.2 Å². The average Bonchev–Trinajstić information content (AvgIpc) is 3.37. The predicted octanol–water partition coefficient (Wildman–Crippen LogP) is 7.02. The molecule has 19 heteroatoms. The van der Waals surface area contributed by atoms with E-state index in [-0.39, 0.29) is 49.3 Å². The number of hydrogen-bond acceptors (Lipinski definition) is 17. The number of nitrogens with zero attached hydrogens (tertiary/aromatic N) is 1. The number of cyclic esters (lactones) is 1. The van der Waals surface area contributed by atoms with E-state index in [0.717, 1.165) is 10.5 Å². The van der Waals surface area contributed by atoms with Gasteiger partial charge in [-0.1, -0.05) is 71.1 Å². The molecule has 73 heavy (non-hydrogen) atoms. The lowest BCUT2D eigenvalue weighted by atomic mass is 9.78. The molecule has 410 valence electrons. The van der Waals surface area contributed by atoms with Crippen LogP contribution in [0.15, 0.2) is 47.6 Å². The van der Waals surface area contributed by atoms with Crippen molar-refractivity contribution in [3.63, 3.8) is 0 Å². The zero-order chi connectivity index (χ0) is 54.2. The molecule has 4 rings (SSSR count). The fraction of sp³-hybridized carbons (Fsp3) is 0.722. The highest BCUT2D eigenvalue weighted by atomic mass is 33.1. The van der Waals surface area contributed by atoms with E-state index >= 15 is 0 Å². The predicted molar refractivity (Wildman–Crippen MR) is 279 cm³/mol. The smallest absolute Gasteiger partial charge is 0.329 e. The molecule has 0 aromatic heterocycles. The number of aliphatic hydroxyl groups excluding tert-OH is 1. The number of ketones is 3. The number of methoxy groups -OCH3 is 3. The Morgan fingerprint density at radius 1 is 0.904 bits per heavy atom. The third-order valence-electron chi connectivity index (χ3n) is 15.2. The Morgan fingerprint density at radius 3 is 2.30 bits per heavy atom. The van der Waals surface area contributed by atoms with E-state index in [1.54, 1.807) is 40.9 Å². The quantitative estimate of drug-likeness (QED) is 0.0598. The number of esters is 2. The molecule has 2 amide bonds. The number of nitrogens with one attached hydrogen (secondary N) is 1. The van der Waals surface area contributed by atoms with Gasteiger partial charge in [0, 0.05) is 69.3 Å². The van der Waals surface area contributed by atoms with Crippen molar-refractivity contribution in [2.24, 2.45) is 35.5 Å². The number of allylic oxidation sites excluding steroid dienone is 6. The summed E-state index contributed by atoms with van der Waals surface area (Å²) in [4.78, 5) is 96.6. The first kappa shape index (κ1) is 61.9. The molecule has 2 saturated heterocycles. The Morgan fingerprint density at radius 2 is 1.63 bits per heavy atom. The second kappa shape index (κ2) is 29.6. The summed E-state index contributed by atoms with van der Waals surface area (Å²) in [6.07, 6.45) is 10.1. The fourth-order valence-electron chi connectivity index (χ4n) is 10.6. The second-order valence-electron chi connectivity index (χ2n) is 20.8.